The van der Waals surface area contributed by atoms with Crippen LogP contribution in [0.5, 0.6) is 0 Å². The molecule has 0 unspecified atom stereocenters. The van der Waals surface area contributed by atoms with Gasteiger partial charge in [-0.2, -0.15) is 0 Å². The van der Waals surface area contributed by atoms with Crippen molar-refractivity contribution in [2.75, 3.05) is 0 Å². The summed E-state index contributed by atoms with van der Waals surface area (Å²) >= 11 is 0. The van der Waals surface area contributed by atoms with E-state index in [9.17, 15) is 0 Å². The molecule has 9 heavy (non-hydrogen) atoms. The van der Waals surface area contributed by atoms with Crippen LogP contribution in [0.3, 0.4) is 0 Å². The highest BCUT2D eigenvalue weighted by atomic mass is 15.1. The van der Waals surface area contributed by atoms with Gasteiger partial charge in [0, 0.05) is 18.4 Å². The van der Waals surface area contributed by atoms with Gasteiger partial charge in [0.2, 0.25) is 0 Å². The Balaban J connectivity index is 2.14. The first-order valence-corrected chi connectivity index (χ1v) is 3.44. The van der Waals surface area contributed by atoms with Crippen molar-refractivity contribution < 1.29 is 0 Å². The fourth-order valence-electron chi connectivity index (χ4n) is 1.17. The number of hydrogen-bond acceptors (Lipinski definition) is 1. The van der Waals surface area contributed by atoms with E-state index in [1.165, 1.54) is 19.3 Å². The molecule has 0 radical (unpaired) electrons. The van der Waals surface area contributed by atoms with Crippen LogP contribution in [-0.2, 0) is 0 Å². The first-order chi connectivity index (χ1) is 4.47. The van der Waals surface area contributed by atoms with Crippen molar-refractivity contribution in [1.82, 2.24) is 9.55 Å². The van der Waals surface area contributed by atoms with E-state index in [1.54, 1.807) is 0 Å². The van der Waals surface area contributed by atoms with E-state index in [0.29, 0.717) is 0 Å². The molecule has 2 rings (SSSR count). The van der Waals surface area contributed by atoms with Gasteiger partial charge in [0.15, 0.2) is 0 Å². The molecule has 48 valence electrons. The zero-order chi connectivity index (χ0) is 6.10. The smallest absolute Gasteiger partial charge is 0.0948 e. The third kappa shape index (κ3) is 0.745. The minimum atomic E-state index is 0.771. The summed E-state index contributed by atoms with van der Waals surface area (Å²) in [5.41, 5.74) is 0. The molecule has 0 aliphatic heterocycles. The summed E-state index contributed by atoms with van der Waals surface area (Å²) in [5, 5.41) is 0. The van der Waals surface area contributed by atoms with Gasteiger partial charge in [-0.1, -0.05) is 0 Å². The van der Waals surface area contributed by atoms with E-state index in [1.807, 2.05) is 18.7 Å². The summed E-state index contributed by atoms with van der Waals surface area (Å²) in [6.45, 7) is 0. The van der Waals surface area contributed by atoms with E-state index in [2.05, 4.69) is 9.55 Å². The topological polar surface area (TPSA) is 17.8 Å². The molecule has 0 N–H and O–H groups in total. The first kappa shape index (κ1) is 5.03. The zero-order valence-electron chi connectivity index (χ0n) is 5.33. The van der Waals surface area contributed by atoms with Crippen molar-refractivity contribution in [3.8, 4) is 0 Å². The molecule has 0 bridgehead atoms. The van der Waals surface area contributed by atoms with Gasteiger partial charge < -0.3 is 4.57 Å². The summed E-state index contributed by atoms with van der Waals surface area (Å²) in [6.07, 6.45) is 9.88. The molecule has 0 atom stereocenters. The van der Waals surface area contributed by atoms with E-state index in [0.717, 1.165) is 6.04 Å². The van der Waals surface area contributed by atoms with Gasteiger partial charge in [0.05, 0.1) is 6.33 Å². The Morgan fingerprint density at radius 3 is 2.78 bits per heavy atom. The predicted octanol–water partition coefficient (Wildman–Crippen LogP) is 1.61. The fourth-order valence-corrected chi connectivity index (χ4v) is 1.17. The van der Waals surface area contributed by atoms with Gasteiger partial charge in [0.25, 0.3) is 0 Å². The molecule has 1 aromatic rings. The molecule has 2 nitrogen and oxygen atoms in total. The van der Waals surface area contributed by atoms with Crippen LogP contribution in [0.4, 0.5) is 0 Å². The molecular weight excluding hydrogens is 112 g/mol. The van der Waals surface area contributed by atoms with E-state index in [-0.39, 0.29) is 0 Å². The van der Waals surface area contributed by atoms with Crippen LogP contribution in [-0.4, -0.2) is 9.55 Å². The Morgan fingerprint density at radius 1 is 1.44 bits per heavy atom. The first-order valence-electron chi connectivity index (χ1n) is 3.44. The summed E-state index contributed by atoms with van der Waals surface area (Å²) < 4.78 is 2.20. The molecule has 0 aromatic carbocycles. The fraction of sp³-hybridized carbons (Fsp3) is 0.571. The Kier molecular flexibility index (Phi) is 1.04. The largest absolute Gasteiger partial charge is 0.334 e. The quantitative estimate of drug-likeness (QED) is 0.553. The van der Waals surface area contributed by atoms with Crippen molar-refractivity contribution in [1.29, 1.82) is 0 Å². The normalized spacial score (nSPS) is 19.6. The predicted molar refractivity (Wildman–Crippen MR) is 35.1 cm³/mol. The van der Waals surface area contributed by atoms with Crippen molar-refractivity contribution >= 4 is 0 Å². The maximum absolute atomic E-state index is 3.99. The van der Waals surface area contributed by atoms with Gasteiger partial charge in [-0.3, -0.25) is 0 Å². The summed E-state index contributed by atoms with van der Waals surface area (Å²) in [7, 11) is 0. The lowest BCUT2D eigenvalue weighted by Gasteiger charge is -2.26. The zero-order valence-corrected chi connectivity index (χ0v) is 5.33. The average Bonchev–Trinajstić information content (AvgIpc) is 2.11. The monoisotopic (exact) mass is 122 g/mol. The van der Waals surface area contributed by atoms with Crippen LogP contribution in [0, 0.1) is 0 Å². The molecule has 0 spiro atoms. The lowest BCUT2D eigenvalue weighted by atomic mass is 9.93. The standard InChI is InChI=1S/C7H10N2/c1-2-7(3-1)9-5-4-8-6-9/h4-7H,1-3H2. The maximum atomic E-state index is 3.99. The third-order valence-corrected chi connectivity index (χ3v) is 2.02. The van der Waals surface area contributed by atoms with Crippen LogP contribution in [0.1, 0.15) is 25.3 Å². The molecule has 1 aliphatic carbocycles. The van der Waals surface area contributed by atoms with Crippen LogP contribution < -0.4 is 0 Å². The van der Waals surface area contributed by atoms with Gasteiger partial charge in [-0.05, 0) is 19.3 Å². The summed E-state index contributed by atoms with van der Waals surface area (Å²) in [4.78, 5) is 3.99. The molecule has 0 amide bonds. The SMILES string of the molecule is c1cn(C2CCC2)cn1. The van der Waals surface area contributed by atoms with Gasteiger partial charge in [0.1, 0.15) is 0 Å². The highest BCUT2D eigenvalue weighted by Crippen LogP contribution is 2.30. The van der Waals surface area contributed by atoms with Gasteiger partial charge in [-0.25, -0.2) is 4.98 Å². The molecule has 1 saturated carbocycles. The second-order valence-electron chi connectivity index (χ2n) is 2.59. The van der Waals surface area contributed by atoms with E-state index in [4.69, 9.17) is 0 Å². The van der Waals surface area contributed by atoms with Crippen molar-refractivity contribution in [3.63, 3.8) is 0 Å². The summed E-state index contributed by atoms with van der Waals surface area (Å²) in [5.74, 6) is 0. The highest BCUT2D eigenvalue weighted by molar-refractivity contribution is 4.84. The Morgan fingerprint density at radius 2 is 2.33 bits per heavy atom. The van der Waals surface area contributed by atoms with Crippen LogP contribution in [0.25, 0.3) is 0 Å². The molecule has 2 heteroatoms. The number of nitrogens with zero attached hydrogens (tertiary/aromatic N) is 2. The maximum Gasteiger partial charge on any atom is 0.0948 e. The minimum absolute atomic E-state index is 0.771. The number of imidazole rings is 1. The highest BCUT2D eigenvalue weighted by Gasteiger charge is 2.17. The van der Waals surface area contributed by atoms with Gasteiger partial charge >= 0.3 is 0 Å². The second-order valence-corrected chi connectivity index (χ2v) is 2.59. The summed E-state index contributed by atoms with van der Waals surface area (Å²) in [6, 6.07) is 0.771. The second kappa shape index (κ2) is 1.87. The van der Waals surface area contributed by atoms with Crippen LogP contribution in [0.2, 0.25) is 0 Å². The van der Waals surface area contributed by atoms with Crippen LogP contribution in [0.15, 0.2) is 18.7 Å². The molecule has 1 heterocycles. The molecular formula is C7H10N2. The Hall–Kier alpha value is -0.790. The average molecular weight is 122 g/mol. The van der Waals surface area contributed by atoms with E-state index >= 15 is 0 Å². The Labute approximate surface area is 54.5 Å². The van der Waals surface area contributed by atoms with Crippen molar-refractivity contribution in [2.24, 2.45) is 0 Å². The minimum Gasteiger partial charge on any atom is -0.334 e. The lowest BCUT2D eigenvalue weighted by Crippen LogP contribution is -2.14. The lowest BCUT2D eigenvalue weighted by molar-refractivity contribution is 0.313. The number of rotatable bonds is 1. The third-order valence-electron chi connectivity index (χ3n) is 2.02. The van der Waals surface area contributed by atoms with Gasteiger partial charge in [-0.15, -0.1) is 0 Å². The molecule has 1 aromatic heterocycles. The number of aromatic nitrogens is 2. The Bertz CT molecular complexity index is 175. The van der Waals surface area contributed by atoms with Crippen LogP contribution >= 0.6 is 0 Å². The number of hydrogen-bond donors (Lipinski definition) is 0. The van der Waals surface area contributed by atoms with E-state index < -0.39 is 0 Å². The molecule has 1 aliphatic rings. The molecule has 0 saturated heterocycles. The van der Waals surface area contributed by atoms with Crippen molar-refractivity contribution in [2.45, 2.75) is 25.3 Å². The molecule has 1 fully saturated rings. The van der Waals surface area contributed by atoms with Crippen molar-refractivity contribution in [3.05, 3.63) is 18.7 Å².